The summed E-state index contributed by atoms with van der Waals surface area (Å²) in [6, 6.07) is 9.76. The van der Waals surface area contributed by atoms with Gasteiger partial charge in [0.25, 0.3) is 0 Å². The summed E-state index contributed by atoms with van der Waals surface area (Å²) in [6.45, 7) is 1.30. The van der Waals surface area contributed by atoms with Crippen LogP contribution in [0, 0.1) is 0 Å². The van der Waals surface area contributed by atoms with Crippen molar-refractivity contribution >= 4 is 29.1 Å². The second-order valence-electron chi connectivity index (χ2n) is 4.87. The second kappa shape index (κ2) is 6.64. The SMILES string of the molecule is CC(O)(CNC(=O)C(=O)Nc1ccccc1Cl)c1ccco1. The van der Waals surface area contributed by atoms with Gasteiger partial charge in [-0.15, -0.1) is 0 Å². The van der Waals surface area contributed by atoms with Crippen molar-refractivity contribution in [3.8, 4) is 0 Å². The maximum absolute atomic E-state index is 11.8. The first-order chi connectivity index (χ1) is 10.4. The first-order valence-electron chi connectivity index (χ1n) is 6.50. The summed E-state index contributed by atoms with van der Waals surface area (Å²) >= 11 is 5.89. The molecule has 0 radical (unpaired) electrons. The van der Waals surface area contributed by atoms with Crippen molar-refractivity contribution in [2.75, 3.05) is 11.9 Å². The van der Waals surface area contributed by atoms with E-state index in [1.807, 2.05) is 0 Å². The van der Waals surface area contributed by atoms with Crippen LogP contribution >= 0.6 is 11.6 Å². The van der Waals surface area contributed by atoms with Crippen LogP contribution in [0.3, 0.4) is 0 Å². The zero-order chi connectivity index (χ0) is 16.2. The molecule has 0 spiro atoms. The number of para-hydroxylation sites is 1. The van der Waals surface area contributed by atoms with Crippen LogP contribution < -0.4 is 10.6 Å². The van der Waals surface area contributed by atoms with Crippen molar-refractivity contribution < 1.29 is 19.1 Å². The number of rotatable bonds is 4. The van der Waals surface area contributed by atoms with Crippen LogP contribution in [-0.2, 0) is 15.2 Å². The standard InChI is InChI=1S/C15H15ClN2O4/c1-15(21,12-7-4-8-22-12)9-17-13(19)14(20)18-11-6-3-2-5-10(11)16/h2-8,21H,9H2,1H3,(H,17,19)(H,18,20). The van der Waals surface area contributed by atoms with E-state index in [9.17, 15) is 14.7 Å². The molecule has 116 valence electrons. The average molecular weight is 323 g/mol. The predicted octanol–water partition coefficient (Wildman–Crippen LogP) is 1.90. The minimum absolute atomic E-state index is 0.171. The van der Waals surface area contributed by atoms with Gasteiger partial charge in [-0.2, -0.15) is 0 Å². The zero-order valence-electron chi connectivity index (χ0n) is 11.8. The molecule has 22 heavy (non-hydrogen) atoms. The molecule has 0 aliphatic carbocycles. The molecule has 3 N–H and O–H groups in total. The van der Waals surface area contributed by atoms with Gasteiger partial charge in [0, 0.05) is 0 Å². The van der Waals surface area contributed by atoms with E-state index >= 15 is 0 Å². The highest BCUT2D eigenvalue weighted by molar-refractivity contribution is 6.41. The first kappa shape index (κ1) is 16.1. The van der Waals surface area contributed by atoms with E-state index in [0.29, 0.717) is 16.5 Å². The number of anilines is 1. The van der Waals surface area contributed by atoms with E-state index in [2.05, 4.69) is 10.6 Å². The predicted molar refractivity (Wildman–Crippen MR) is 81.4 cm³/mol. The molecule has 0 aliphatic heterocycles. The van der Waals surface area contributed by atoms with E-state index in [1.165, 1.54) is 13.2 Å². The molecule has 2 amide bonds. The van der Waals surface area contributed by atoms with Crippen molar-refractivity contribution in [3.63, 3.8) is 0 Å². The molecule has 1 heterocycles. The number of amides is 2. The van der Waals surface area contributed by atoms with Crippen molar-refractivity contribution in [3.05, 3.63) is 53.4 Å². The number of carbonyl (C=O) groups excluding carboxylic acids is 2. The molecule has 0 aliphatic rings. The molecule has 1 aromatic carbocycles. The largest absolute Gasteiger partial charge is 0.466 e. The Balaban J connectivity index is 1.92. The van der Waals surface area contributed by atoms with Gasteiger partial charge in [-0.3, -0.25) is 9.59 Å². The molecule has 0 saturated carbocycles. The fourth-order valence-corrected chi connectivity index (χ4v) is 1.93. The van der Waals surface area contributed by atoms with Gasteiger partial charge >= 0.3 is 11.8 Å². The lowest BCUT2D eigenvalue weighted by Crippen LogP contribution is -2.43. The van der Waals surface area contributed by atoms with Gasteiger partial charge < -0.3 is 20.2 Å². The van der Waals surface area contributed by atoms with Crippen LogP contribution in [0.25, 0.3) is 0 Å². The Labute approximate surface area is 132 Å². The molecule has 0 bridgehead atoms. The molecule has 1 atom stereocenters. The molecule has 0 fully saturated rings. The topological polar surface area (TPSA) is 91.6 Å². The van der Waals surface area contributed by atoms with Gasteiger partial charge in [0.05, 0.1) is 23.5 Å². The lowest BCUT2D eigenvalue weighted by molar-refractivity contribution is -0.136. The lowest BCUT2D eigenvalue weighted by Gasteiger charge is -2.20. The van der Waals surface area contributed by atoms with Crippen LogP contribution in [-0.4, -0.2) is 23.5 Å². The highest BCUT2D eigenvalue weighted by Gasteiger charge is 2.28. The molecule has 0 saturated heterocycles. The summed E-state index contributed by atoms with van der Waals surface area (Å²) in [6.07, 6.45) is 1.41. The molecule has 2 rings (SSSR count). The van der Waals surface area contributed by atoms with Crippen LogP contribution in [0.1, 0.15) is 12.7 Å². The van der Waals surface area contributed by atoms with Gasteiger partial charge in [0.2, 0.25) is 0 Å². The van der Waals surface area contributed by atoms with Crippen LogP contribution in [0.4, 0.5) is 5.69 Å². The summed E-state index contributed by atoms with van der Waals surface area (Å²) in [7, 11) is 0. The van der Waals surface area contributed by atoms with Gasteiger partial charge in [-0.05, 0) is 31.2 Å². The average Bonchev–Trinajstić information content (AvgIpc) is 3.02. The number of furan rings is 1. The van der Waals surface area contributed by atoms with Gasteiger partial charge in [0.15, 0.2) is 0 Å². The summed E-state index contributed by atoms with van der Waals surface area (Å²) in [4.78, 5) is 23.5. The van der Waals surface area contributed by atoms with Crippen LogP contribution in [0.5, 0.6) is 0 Å². The second-order valence-corrected chi connectivity index (χ2v) is 5.28. The normalized spacial score (nSPS) is 13.2. The number of hydrogen-bond donors (Lipinski definition) is 3. The number of halogens is 1. The Morgan fingerprint density at radius 1 is 1.23 bits per heavy atom. The maximum atomic E-state index is 11.8. The number of nitrogens with one attached hydrogen (secondary N) is 2. The van der Waals surface area contributed by atoms with Crippen molar-refractivity contribution in [2.45, 2.75) is 12.5 Å². The summed E-state index contributed by atoms with van der Waals surface area (Å²) in [5.41, 5.74) is -1.08. The number of carbonyl (C=O) groups is 2. The third-order valence-electron chi connectivity index (χ3n) is 2.97. The van der Waals surface area contributed by atoms with E-state index in [4.69, 9.17) is 16.0 Å². The fraction of sp³-hybridized carbons (Fsp3) is 0.200. The molecule has 1 aromatic heterocycles. The third kappa shape index (κ3) is 3.87. The molecule has 1 unspecified atom stereocenters. The summed E-state index contributed by atoms with van der Waals surface area (Å²) in [5.74, 6) is -1.46. The Kier molecular flexibility index (Phi) is 4.85. The van der Waals surface area contributed by atoms with Crippen LogP contribution in [0.2, 0.25) is 5.02 Å². The monoisotopic (exact) mass is 322 g/mol. The summed E-state index contributed by atoms with van der Waals surface area (Å²) < 4.78 is 5.08. The smallest absolute Gasteiger partial charge is 0.313 e. The lowest BCUT2D eigenvalue weighted by atomic mass is 10.0. The van der Waals surface area contributed by atoms with Gasteiger partial charge in [-0.25, -0.2) is 0 Å². The highest BCUT2D eigenvalue weighted by Crippen LogP contribution is 2.21. The van der Waals surface area contributed by atoms with Gasteiger partial charge in [0.1, 0.15) is 11.4 Å². The number of hydrogen-bond acceptors (Lipinski definition) is 4. The minimum atomic E-state index is -1.41. The van der Waals surface area contributed by atoms with E-state index in [0.717, 1.165) is 0 Å². The molecule has 7 heteroatoms. The maximum Gasteiger partial charge on any atom is 0.313 e. The minimum Gasteiger partial charge on any atom is -0.466 e. The van der Waals surface area contributed by atoms with Crippen molar-refractivity contribution in [1.82, 2.24) is 5.32 Å². The van der Waals surface area contributed by atoms with Crippen LogP contribution in [0.15, 0.2) is 47.1 Å². The number of benzene rings is 1. The quantitative estimate of drug-likeness (QED) is 0.750. The Morgan fingerprint density at radius 2 is 1.95 bits per heavy atom. The first-order valence-corrected chi connectivity index (χ1v) is 6.88. The molecular formula is C15H15ClN2O4. The number of aliphatic hydroxyl groups is 1. The van der Waals surface area contributed by atoms with E-state index in [-0.39, 0.29) is 6.54 Å². The van der Waals surface area contributed by atoms with Gasteiger partial charge in [-0.1, -0.05) is 23.7 Å². The molecule has 2 aromatic rings. The van der Waals surface area contributed by atoms with Crippen molar-refractivity contribution in [2.24, 2.45) is 0 Å². The van der Waals surface area contributed by atoms with Crippen molar-refractivity contribution in [1.29, 1.82) is 0 Å². The fourth-order valence-electron chi connectivity index (χ4n) is 1.75. The molecular weight excluding hydrogens is 308 g/mol. The van der Waals surface area contributed by atoms with E-state index in [1.54, 1.807) is 36.4 Å². The summed E-state index contributed by atoms with van der Waals surface area (Å²) in [5, 5.41) is 15.2. The van der Waals surface area contributed by atoms with E-state index < -0.39 is 17.4 Å². The Hall–Kier alpha value is -2.31. The third-order valence-corrected chi connectivity index (χ3v) is 3.30. The zero-order valence-corrected chi connectivity index (χ0v) is 12.6. The molecule has 6 nitrogen and oxygen atoms in total. The Morgan fingerprint density at radius 3 is 2.59 bits per heavy atom. The Bertz CT molecular complexity index is 668. The highest BCUT2D eigenvalue weighted by atomic mass is 35.5.